The summed E-state index contributed by atoms with van der Waals surface area (Å²) in [7, 11) is -1.65. The summed E-state index contributed by atoms with van der Waals surface area (Å²) in [6.07, 6.45) is 14.2. The number of hydrogen-bond acceptors (Lipinski definition) is 3. The molecule has 3 nitrogen and oxygen atoms in total. The van der Waals surface area contributed by atoms with E-state index in [1.165, 1.54) is 57.8 Å². The number of rotatable bonds is 13. The van der Waals surface area contributed by atoms with Crippen LogP contribution in [-0.2, 0) is 4.43 Å². The molecular formula is C30H60O3Si. The number of unbranched alkanes of at least 4 members (excludes halogenated alkanes) is 3. The summed E-state index contributed by atoms with van der Waals surface area (Å²) in [6, 6.07) is 0. The fourth-order valence-electron chi connectivity index (χ4n) is 7.16. The first kappa shape index (κ1) is 30.3. The zero-order chi connectivity index (χ0) is 25.8. The summed E-state index contributed by atoms with van der Waals surface area (Å²) in [6.45, 7) is 21.5. The maximum absolute atomic E-state index is 10.9. The lowest BCUT2D eigenvalue weighted by Gasteiger charge is -2.51. The smallest absolute Gasteiger partial charge is 0.191 e. The van der Waals surface area contributed by atoms with Crippen molar-refractivity contribution in [2.45, 2.75) is 155 Å². The Bertz CT molecular complexity index is 605. The number of hydrogen-bond donors (Lipinski definition) is 2. The van der Waals surface area contributed by atoms with Crippen molar-refractivity contribution in [1.29, 1.82) is 0 Å². The van der Waals surface area contributed by atoms with E-state index in [1.807, 2.05) is 13.8 Å². The van der Waals surface area contributed by atoms with Crippen molar-refractivity contribution in [2.24, 2.45) is 29.1 Å². The summed E-state index contributed by atoms with van der Waals surface area (Å²) < 4.78 is 6.47. The fourth-order valence-corrected chi connectivity index (χ4v) is 8.25. The van der Waals surface area contributed by atoms with Crippen LogP contribution in [0.2, 0.25) is 18.1 Å². The molecule has 0 bridgehead atoms. The average molecular weight is 497 g/mol. The van der Waals surface area contributed by atoms with Crippen LogP contribution < -0.4 is 0 Å². The van der Waals surface area contributed by atoms with Gasteiger partial charge < -0.3 is 14.6 Å². The maximum Gasteiger partial charge on any atom is 0.191 e. The van der Waals surface area contributed by atoms with Gasteiger partial charge in [-0.3, -0.25) is 0 Å². The largest absolute Gasteiger partial charge is 0.417 e. The van der Waals surface area contributed by atoms with E-state index in [2.05, 4.69) is 47.7 Å². The Morgan fingerprint density at radius 1 is 0.941 bits per heavy atom. The summed E-state index contributed by atoms with van der Waals surface area (Å²) in [4.78, 5) is 0. The van der Waals surface area contributed by atoms with Crippen LogP contribution in [0.15, 0.2) is 0 Å². The predicted molar refractivity (Wildman–Crippen MR) is 149 cm³/mol. The van der Waals surface area contributed by atoms with E-state index in [1.54, 1.807) is 0 Å². The van der Waals surface area contributed by atoms with Crippen molar-refractivity contribution < 1.29 is 14.6 Å². The molecule has 2 N–H and O–H groups in total. The topological polar surface area (TPSA) is 49.7 Å². The van der Waals surface area contributed by atoms with Crippen molar-refractivity contribution in [3.05, 3.63) is 0 Å². The van der Waals surface area contributed by atoms with Gasteiger partial charge in [-0.05, 0) is 112 Å². The van der Waals surface area contributed by atoms with Gasteiger partial charge in [0.05, 0.1) is 11.7 Å². The molecule has 34 heavy (non-hydrogen) atoms. The Morgan fingerprint density at radius 2 is 1.59 bits per heavy atom. The van der Waals surface area contributed by atoms with Crippen LogP contribution in [0, 0.1) is 29.1 Å². The van der Waals surface area contributed by atoms with Crippen LogP contribution in [0.1, 0.15) is 126 Å². The Kier molecular flexibility index (Phi) is 10.8. The van der Waals surface area contributed by atoms with Crippen LogP contribution in [0.4, 0.5) is 0 Å². The van der Waals surface area contributed by atoms with Gasteiger partial charge in [-0.15, -0.1) is 0 Å². The van der Waals surface area contributed by atoms with Gasteiger partial charge in [0.25, 0.3) is 0 Å². The molecule has 2 aliphatic carbocycles. The monoisotopic (exact) mass is 496 g/mol. The standard InChI is InChI=1S/C30H60O3Si/c1-23(15-14-22-33-34(8,9)28(2,3)4)25-18-19-26-27(31)20-17-24(30(25,26)7)16-12-10-11-13-21-29(5,6)32/h23-27,31-32H,10-22H2,1-9H3/t23-,24-,25-,26+,27+,30-/m1/s1. The van der Waals surface area contributed by atoms with E-state index < -0.39 is 13.9 Å². The van der Waals surface area contributed by atoms with E-state index in [0.717, 1.165) is 37.7 Å². The highest BCUT2D eigenvalue weighted by Gasteiger charge is 2.56. The number of fused-ring (bicyclic) bond motifs is 1. The first-order valence-corrected chi connectivity index (χ1v) is 17.5. The summed E-state index contributed by atoms with van der Waals surface area (Å²) in [5.74, 6) is 2.70. The minimum Gasteiger partial charge on any atom is -0.417 e. The molecule has 0 aromatic heterocycles. The van der Waals surface area contributed by atoms with Gasteiger partial charge in [0.15, 0.2) is 8.32 Å². The second kappa shape index (κ2) is 12.1. The molecule has 0 aliphatic heterocycles. The van der Waals surface area contributed by atoms with E-state index in [0.29, 0.717) is 17.3 Å². The molecule has 6 atom stereocenters. The zero-order valence-corrected chi connectivity index (χ0v) is 25.4. The Hall–Kier alpha value is 0.0969. The molecule has 0 saturated heterocycles. The molecule has 0 aromatic carbocycles. The van der Waals surface area contributed by atoms with Crippen LogP contribution in [0.25, 0.3) is 0 Å². The second-order valence-corrected chi connectivity index (χ2v) is 19.3. The lowest BCUT2D eigenvalue weighted by Crippen LogP contribution is -2.47. The van der Waals surface area contributed by atoms with Gasteiger partial charge in [-0.1, -0.05) is 60.3 Å². The predicted octanol–water partition coefficient (Wildman–Crippen LogP) is 8.34. The van der Waals surface area contributed by atoms with Gasteiger partial charge in [-0.2, -0.15) is 0 Å². The van der Waals surface area contributed by atoms with Gasteiger partial charge in [-0.25, -0.2) is 0 Å². The molecule has 0 aromatic rings. The van der Waals surface area contributed by atoms with Gasteiger partial charge in [0.1, 0.15) is 0 Å². The molecule has 2 saturated carbocycles. The highest BCUT2D eigenvalue weighted by molar-refractivity contribution is 6.74. The summed E-state index contributed by atoms with van der Waals surface area (Å²) in [5.41, 5.74) is -0.229. The molecule has 0 spiro atoms. The summed E-state index contributed by atoms with van der Waals surface area (Å²) in [5, 5.41) is 21.1. The fraction of sp³-hybridized carbons (Fsp3) is 1.00. The van der Waals surface area contributed by atoms with Crippen LogP contribution >= 0.6 is 0 Å². The molecule has 0 heterocycles. The molecule has 0 amide bonds. The first-order chi connectivity index (χ1) is 15.6. The third-order valence-electron chi connectivity index (χ3n) is 10.4. The van der Waals surface area contributed by atoms with E-state index >= 15 is 0 Å². The van der Waals surface area contributed by atoms with Crippen molar-refractivity contribution >= 4 is 8.32 Å². The van der Waals surface area contributed by atoms with Gasteiger partial charge in [0, 0.05) is 6.61 Å². The number of aliphatic hydroxyl groups excluding tert-OH is 1. The van der Waals surface area contributed by atoms with Crippen LogP contribution in [0.3, 0.4) is 0 Å². The maximum atomic E-state index is 10.9. The molecule has 0 radical (unpaired) electrons. The van der Waals surface area contributed by atoms with Gasteiger partial charge in [0.2, 0.25) is 0 Å². The van der Waals surface area contributed by atoms with E-state index in [4.69, 9.17) is 4.43 Å². The quantitative estimate of drug-likeness (QED) is 0.199. The number of aliphatic hydroxyl groups is 2. The third kappa shape index (κ3) is 7.80. The van der Waals surface area contributed by atoms with Gasteiger partial charge >= 0.3 is 0 Å². The molecule has 202 valence electrons. The molecule has 2 aliphatic rings. The minimum atomic E-state index is -1.65. The molecule has 2 fully saturated rings. The Morgan fingerprint density at radius 3 is 2.21 bits per heavy atom. The highest BCUT2D eigenvalue weighted by Crippen LogP contribution is 2.61. The minimum absolute atomic E-state index is 0.0906. The Balaban J connectivity index is 1.89. The molecule has 4 heteroatoms. The highest BCUT2D eigenvalue weighted by atomic mass is 28.4. The Labute approximate surface area is 214 Å². The van der Waals surface area contributed by atoms with Crippen molar-refractivity contribution in [2.75, 3.05) is 6.61 Å². The molecule has 0 unspecified atom stereocenters. The molecule has 2 rings (SSSR count). The lowest BCUT2D eigenvalue weighted by molar-refractivity contribution is -0.0729. The third-order valence-corrected chi connectivity index (χ3v) is 14.9. The van der Waals surface area contributed by atoms with E-state index in [-0.39, 0.29) is 11.1 Å². The van der Waals surface area contributed by atoms with Crippen LogP contribution in [-0.4, -0.2) is 36.8 Å². The summed E-state index contributed by atoms with van der Waals surface area (Å²) >= 11 is 0. The normalized spacial score (nSPS) is 31.5. The first-order valence-electron chi connectivity index (χ1n) is 14.6. The second-order valence-electron chi connectivity index (χ2n) is 14.5. The van der Waals surface area contributed by atoms with Crippen LogP contribution in [0.5, 0.6) is 0 Å². The lowest BCUT2D eigenvalue weighted by atomic mass is 9.55. The van der Waals surface area contributed by atoms with Crippen molar-refractivity contribution in [3.63, 3.8) is 0 Å². The average Bonchev–Trinajstić information content (AvgIpc) is 3.06. The van der Waals surface area contributed by atoms with Crippen molar-refractivity contribution in [1.82, 2.24) is 0 Å². The molecular weight excluding hydrogens is 436 g/mol. The SMILES string of the molecule is C[C@H](CCCO[Si](C)(C)C(C)(C)C)[C@H]1CC[C@H]2[C@@H](O)CC[C@@H](CCCCCCC(C)(C)O)[C@]12C. The van der Waals surface area contributed by atoms with E-state index in [9.17, 15) is 10.2 Å². The van der Waals surface area contributed by atoms with Crippen molar-refractivity contribution in [3.8, 4) is 0 Å². The zero-order valence-electron chi connectivity index (χ0n) is 24.4.